The van der Waals surface area contributed by atoms with Crippen LogP contribution in [-0.4, -0.2) is 36.6 Å². The van der Waals surface area contributed by atoms with Gasteiger partial charge in [-0.3, -0.25) is 4.39 Å². The summed E-state index contributed by atoms with van der Waals surface area (Å²) in [7, 11) is 0. The summed E-state index contributed by atoms with van der Waals surface area (Å²) in [4.78, 5) is 12.0. The minimum atomic E-state index is -0.998. The Labute approximate surface area is 152 Å². The number of benzene rings is 2. The predicted molar refractivity (Wildman–Crippen MR) is 96.7 cm³/mol. The number of carbonyl (C=O) groups is 1. The third kappa shape index (κ3) is 3.07. The lowest BCUT2D eigenvalue weighted by Crippen LogP contribution is -2.52. The van der Waals surface area contributed by atoms with E-state index in [2.05, 4.69) is 29.6 Å². The molecule has 1 saturated carbocycles. The predicted octanol–water partition coefficient (Wildman–Crippen LogP) is 3.64. The van der Waals surface area contributed by atoms with Crippen molar-refractivity contribution >= 4 is 6.09 Å². The van der Waals surface area contributed by atoms with Gasteiger partial charge in [0.25, 0.3) is 0 Å². The van der Waals surface area contributed by atoms with Crippen molar-refractivity contribution in [3.8, 4) is 11.1 Å². The first kappa shape index (κ1) is 17.0. The number of rotatable bonds is 5. The molecule has 1 fully saturated rings. The minimum absolute atomic E-state index is 0.0101. The van der Waals surface area contributed by atoms with Crippen molar-refractivity contribution in [2.45, 2.75) is 24.4 Å². The number of amides is 1. The van der Waals surface area contributed by atoms with Gasteiger partial charge in [0.15, 0.2) is 0 Å². The fraction of sp³-hybridized carbons (Fsp3) is 0.381. The summed E-state index contributed by atoms with van der Waals surface area (Å²) in [5.41, 5.74) is 3.67. The molecule has 0 unspecified atom stereocenters. The van der Waals surface area contributed by atoms with E-state index in [-0.39, 0.29) is 25.0 Å². The van der Waals surface area contributed by atoms with Crippen LogP contribution in [0.3, 0.4) is 0 Å². The van der Waals surface area contributed by atoms with Crippen LogP contribution in [0, 0.1) is 5.92 Å². The molecule has 4 nitrogen and oxygen atoms in total. The Morgan fingerprint density at radius 3 is 2.27 bits per heavy atom. The van der Waals surface area contributed by atoms with Gasteiger partial charge in [0.1, 0.15) is 6.61 Å². The molecular formula is C21H22FNO3. The highest BCUT2D eigenvalue weighted by Crippen LogP contribution is 2.44. The summed E-state index contributed by atoms with van der Waals surface area (Å²) in [6, 6.07) is 16.3. The van der Waals surface area contributed by atoms with Gasteiger partial charge in [-0.05, 0) is 41.0 Å². The van der Waals surface area contributed by atoms with E-state index < -0.39 is 18.4 Å². The summed E-state index contributed by atoms with van der Waals surface area (Å²) in [5.74, 6) is -0.0832. The first-order chi connectivity index (χ1) is 12.6. The summed E-state index contributed by atoms with van der Waals surface area (Å²) in [5, 5.41) is 12.8. The highest BCUT2D eigenvalue weighted by molar-refractivity contribution is 5.79. The second-order valence-electron chi connectivity index (χ2n) is 7.33. The summed E-state index contributed by atoms with van der Waals surface area (Å²) < 4.78 is 17.9. The molecule has 2 aliphatic rings. The number of halogens is 1. The number of carbonyl (C=O) groups excluding carboxylic acids is 1. The average molecular weight is 355 g/mol. The highest BCUT2D eigenvalue weighted by atomic mass is 19.1. The topological polar surface area (TPSA) is 58.6 Å². The zero-order valence-corrected chi connectivity index (χ0v) is 14.5. The lowest BCUT2D eigenvalue weighted by molar-refractivity contribution is -0.0760. The van der Waals surface area contributed by atoms with E-state index in [1.54, 1.807) is 0 Å². The number of hydrogen-bond donors (Lipinski definition) is 2. The fourth-order valence-electron chi connectivity index (χ4n) is 4.15. The third-order valence-electron chi connectivity index (χ3n) is 5.46. The standard InChI is InChI=1S/C21H22FNO3/c22-11-14-9-21(25,10-14)13-23-20(24)26-12-19-17-7-3-1-5-15(17)16-6-2-4-8-18(16)19/h1-8,14,19,25H,9-13H2,(H,23,24). The Bertz CT molecular complexity index is 771. The molecule has 5 heteroatoms. The van der Waals surface area contributed by atoms with Gasteiger partial charge in [0.05, 0.1) is 12.3 Å². The van der Waals surface area contributed by atoms with Crippen LogP contribution in [-0.2, 0) is 4.74 Å². The smallest absolute Gasteiger partial charge is 0.407 e. The maximum atomic E-state index is 12.5. The largest absolute Gasteiger partial charge is 0.449 e. The van der Waals surface area contributed by atoms with Crippen molar-refractivity contribution in [2.75, 3.05) is 19.8 Å². The lowest BCUT2D eigenvalue weighted by Gasteiger charge is -2.42. The van der Waals surface area contributed by atoms with Crippen LogP contribution in [0.2, 0.25) is 0 Å². The maximum absolute atomic E-state index is 12.5. The molecule has 1 amide bonds. The SMILES string of the molecule is O=C(NCC1(O)CC(CF)C1)OCC1c2ccccc2-c2ccccc21. The number of nitrogens with one attached hydrogen (secondary N) is 1. The molecule has 0 saturated heterocycles. The van der Waals surface area contributed by atoms with Gasteiger partial charge in [-0.15, -0.1) is 0 Å². The highest BCUT2D eigenvalue weighted by Gasteiger charge is 2.42. The van der Waals surface area contributed by atoms with Crippen LogP contribution in [0.25, 0.3) is 11.1 Å². The van der Waals surface area contributed by atoms with E-state index in [0.29, 0.717) is 12.8 Å². The maximum Gasteiger partial charge on any atom is 0.407 e. The van der Waals surface area contributed by atoms with Gasteiger partial charge in [-0.25, -0.2) is 4.79 Å². The summed E-state index contributed by atoms with van der Waals surface area (Å²) in [6.45, 7) is -0.0845. The molecule has 26 heavy (non-hydrogen) atoms. The second kappa shape index (κ2) is 6.72. The minimum Gasteiger partial charge on any atom is -0.449 e. The van der Waals surface area contributed by atoms with Gasteiger partial charge in [-0.2, -0.15) is 0 Å². The first-order valence-corrected chi connectivity index (χ1v) is 8.97. The zero-order chi connectivity index (χ0) is 18.1. The van der Waals surface area contributed by atoms with Crippen LogP contribution < -0.4 is 5.32 Å². The van der Waals surface area contributed by atoms with E-state index in [4.69, 9.17) is 4.74 Å². The Morgan fingerprint density at radius 1 is 1.12 bits per heavy atom. The van der Waals surface area contributed by atoms with Crippen LogP contribution >= 0.6 is 0 Å². The fourth-order valence-corrected chi connectivity index (χ4v) is 4.15. The molecular weight excluding hydrogens is 333 g/mol. The molecule has 2 N–H and O–H groups in total. The van der Waals surface area contributed by atoms with Crippen LogP contribution in [0.1, 0.15) is 29.9 Å². The third-order valence-corrected chi connectivity index (χ3v) is 5.46. The summed E-state index contributed by atoms with van der Waals surface area (Å²) in [6.07, 6.45) is 0.212. The van der Waals surface area contributed by atoms with E-state index in [1.165, 1.54) is 11.1 Å². The molecule has 0 atom stereocenters. The van der Waals surface area contributed by atoms with E-state index in [9.17, 15) is 14.3 Å². The van der Waals surface area contributed by atoms with Gasteiger partial charge in [0.2, 0.25) is 0 Å². The first-order valence-electron chi connectivity index (χ1n) is 8.97. The van der Waals surface area contributed by atoms with E-state index in [0.717, 1.165) is 11.1 Å². The number of alkyl halides is 1. The van der Waals surface area contributed by atoms with Gasteiger partial charge in [-0.1, -0.05) is 48.5 Å². The Hall–Kier alpha value is -2.40. The second-order valence-corrected chi connectivity index (χ2v) is 7.33. The average Bonchev–Trinajstić information content (AvgIpc) is 2.96. The molecule has 0 bridgehead atoms. The van der Waals surface area contributed by atoms with E-state index >= 15 is 0 Å². The van der Waals surface area contributed by atoms with Gasteiger partial charge < -0.3 is 15.2 Å². The zero-order valence-electron chi connectivity index (χ0n) is 14.5. The van der Waals surface area contributed by atoms with Crippen LogP contribution in [0.4, 0.5) is 9.18 Å². The molecule has 0 aliphatic heterocycles. The monoisotopic (exact) mass is 355 g/mol. The Balaban J connectivity index is 1.37. The quantitative estimate of drug-likeness (QED) is 0.861. The Kier molecular flexibility index (Phi) is 4.41. The van der Waals surface area contributed by atoms with Crippen molar-refractivity contribution in [1.29, 1.82) is 0 Å². The molecule has 0 radical (unpaired) electrons. The molecule has 0 aromatic heterocycles. The lowest BCUT2D eigenvalue weighted by atomic mass is 9.71. The van der Waals surface area contributed by atoms with Crippen molar-refractivity contribution in [1.82, 2.24) is 5.32 Å². The molecule has 2 aliphatic carbocycles. The number of ether oxygens (including phenoxy) is 1. The van der Waals surface area contributed by atoms with Crippen molar-refractivity contribution in [3.63, 3.8) is 0 Å². The number of hydrogen-bond acceptors (Lipinski definition) is 3. The number of alkyl carbamates (subject to hydrolysis) is 1. The van der Waals surface area contributed by atoms with Crippen LogP contribution in [0.5, 0.6) is 0 Å². The summed E-state index contributed by atoms with van der Waals surface area (Å²) >= 11 is 0. The normalized spacial score (nSPS) is 23.7. The molecule has 4 rings (SSSR count). The van der Waals surface area contributed by atoms with Crippen LogP contribution in [0.15, 0.2) is 48.5 Å². The van der Waals surface area contributed by atoms with Crippen molar-refractivity contribution < 1.29 is 19.0 Å². The molecule has 2 aromatic carbocycles. The van der Waals surface area contributed by atoms with Crippen molar-refractivity contribution in [3.05, 3.63) is 59.7 Å². The van der Waals surface area contributed by atoms with Gasteiger partial charge >= 0.3 is 6.09 Å². The number of aliphatic hydroxyl groups is 1. The van der Waals surface area contributed by atoms with E-state index in [1.807, 2.05) is 24.3 Å². The molecule has 2 aromatic rings. The van der Waals surface area contributed by atoms with Crippen molar-refractivity contribution in [2.24, 2.45) is 5.92 Å². The number of fused-ring (bicyclic) bond motifs is 3. The van der Waals surface area contributed by atoms with Gasteiger partial charge in [0, 0.05) is 12.5 Å². The molecule has 136 valence electrons. The molecule has 0 heterocycles. The molecule has 0 spiro atoms. The Morgan fingerprint density at radius 2 is 1.69 bits per heavy atom.